The Hall–Kier alpha value is -4.25. The highest BCUT2D eigenvalue weighted by Crippen LogP contribution is 2.34. The molecule has 1 aliphatic carbocycles. The average molecular weight is 604 g/mol. The molecule has 2 atom stereocenters. The highest BCUT2D eigenvalue weighted by molar-refractivity contribution is 6.04. The van der Waals surface area contributed by atoms with Crippen molar-refractivity contribution >= 4 is 35.4 Å². The van der Waals surface area contributed by atoms with Crippen LogP contribution in [0.2, 0.25) is 0 Å². The van der Waals surface area contributed by atoms with Gasteiger partial charge in [-0.3, -0.25) is 24.2 Å². The van der Waals surface area contributed by atoms with Crippen LogP contribution in [-0.4, -0.2) is 89.8 Å². The van der Waals surface area contributed by atoms with Gasteiger partial charge in [-0.05, 0) is 43.4 Å². The maximum absolute atomic E-state index is 13.6. The van der Waals surface area contributed by atoms with Crippen LogP contribution in [0.3, 0.4) is 0 Å². The minimum absolute atomic E-state index is 0.00559. The third-order valence-corrected chi connectivity index (χ3v) is 8.87. The molecule has 2 aromatic carbocycles. The fourth-order valence-corrected chi connectivity index (χ4v) is 6.57. The van der Waals surface area contributed by atoms with Crippen molar-refractivity contribution in [1.29, 1.82) is 0 Å². The van der Waals surface area contributed by atoms with Crippen LogP contribution in [0.1, 0.15) is 60.9 Å². The number of fused-ring (bicyclic) bond motifs is 1. The number of carbonyl (C=O) groups excluding carboxylic acids is 5. The van der Waals surface area contributed by atoms with Crippen LogP contribution in [0.15, 0.2) is 54.6 Å². The molecule has 2 saturated heterocycles. The summed E-state index contributed by atoms with van der Waals surface area (Å²) in [5, 5.41) is 5.81. The van der Waals surface area contributed by atoms with E-state index in [1.54, 1.807) is 24.3 Å². The van der Waals surface area contributed by atoms with Gasteiger partial charge in [0.25, 0.3) is 0 Å². The Morgan fingerprint density at radius 2 is 1.59 bits per heavy atom. The largest absolute Gasteiger partial charge is 0.465 e. The molecule has 44 heavy (non-hydrogen) atoms. The lowest BCUT2D eigenvalue weighted by molar-refractivity contribution is -0.142. The standard InChI is InChI=1S/C33H41N5O6/c1-44-32(42)25-11-5-7-13-27(25)35-30(40)22-38-28-14-8-6-12-26(28)31(41)37(33(38)43)20-17-29(39)34-24-15-18-36(19-16-24)21-23-9-3-2-4-10-23/h2-5,7,9-11,13,24,26,28H,6,8,12,14-22H2,1H3,(H,34,39)(H,35,40). The van der Waals surface area contributed by atoms with E-state index in [2.05, 4.69) is 27.7 Å². The van der Waals surface area contributed by atoms with Gasteiger partial charge in [-0.15, -0.1) is 0 Å². The van der Waals surface area contributed by atoms with Crippen LogP contribution < -0.4 is 10.6 Å². The zero-order chi connectivity index (χ0) is 31.1. The number of benzene rings is 2. The van der Waals surface area contributed by atoms with Gasteiger partial charge < -0.3 is 20.3 Å². The number of urea groups is 1. The first-order valence-corrected chi connectivity index (χ1v) is 15.5. The molecule has 5 rings (SSSR count). The zero-order valence-corrected chi connectivity index (χ0v) is 25.2. The second-order valence-electron chi connectivity index (χ2n) is 11.8. The highest BCUT2D eigenvalue weighted by atomic mass is 16.5. The normalized spacial score (nSPS) is 21.0. The lowest BCUT2D eigenvalue weighted by Crippen LogP contribution is -2.63. The van der Waals surface area contributed by atoms with E-state index < -0.39 is 23.8 Å². The monoisotopic (exact) mass is 603 g/mol. The van der Waals surface area contributed by atoms with E-state index >= 15 is 0 Å². The minimum atomic E-state index is -0.588. The molecular formula is C33H41N5O6. The third kappa shape index (κ3) is 7.45. The van der Waals surface area contributed by atoms with Crippen LogP contribution in [0.25, 0.3) is 0 Å². The summed E-state index contributed by atoms with van der Waals surface area (Å²) in [5.74, 6) is -1.94. The van der Waals surface area contributed by atoms with Crippen molar-refractivity contribution in [2.45, 2.75) is 63.6 Å². The second-order valence-corrected chi connectivity index (χ2v) is 11.8. The summed E-state index contributed by atoms with van der Waals surface area (Å²) in [6, 6.07) is 15.9. The van der Waals surface area contributed by atoms with Gasteiger partial charge in [0.15, 0.2) is 0 Å². The number of nitrogens with zero attached hydrogens (tertiary/aromatic N) is 3. The molecule has 5 amide bonds. The number of methoxy groups -OCH3 is 1. The summed E-state index contributed by atoms with van der Waals surface area (Å²) in [4.78, 5) is 70.2. The second kappa shape index (κ2) is 14.5. The number of imide groups is 1. The van der Waals surface area contributed by atoms with Crippen LogP contribution >= 0.6 is 0 Å². The van der Waals surface area contributed by atoms with Crippen LogP contribution in [0.5, 0.6) is 0 Å². The molecule has 11 nitrogen and oxygen atoms in total. The van der Waals surface area contributed by atoms with Gasteiger partial charge in [-0.2, -0.15) is 0 Å². The number of hydrogen-bond donors (Lipinski definition) is 2. The van der Waals surface area contributed by atoms with E-state index in [-0.39, 0.29) is 54.7 Å². The van der Waals surface area contributed by atoms with Crippen LogP contribution in [-0.2, 0) is 25.7 Å². The fraction of sp³-hybridized carbons (Fsp3) is 0.485. The molecular weight excluding hydrogens is 562 g/mol. The SMILES string of the molecule is COC(=O)c1ccccc1NC(=O)CN1C(=O)N(CCC(=O)NC2CCN(Cc3ccccc3)CC2)C(=O)C2CCCCC21. The molecule has 2 aliphatic heterocycles. The molecule has 2 aromatic rings. The van der Waals surface area contributed by atoms with Crippen molar-refractivity contribution in [2.75, 3.05) is 38.6 Å². The molecule has 3 fully saturated rings. The molecule has 0 radical (unpaired) electrons. The summed E-state index contributed by atoms with van der Waals surface area (Å²) in [6.07, 6.45) is 4.67. The zero-order valence-electron chi connectivity index (χ0n) is 25.2. The van der Waals surface area contributed by atoms with E-state index in [9.17, 15) is 24.0 Å². The Labute approximate surface area is 257 Å². The van der Waals surface area contributed by atoms with Crippen molar-refractivity contribution in [3.63, 3.8) is 0 Å². The van der Waals surface area contributed by atoms with Crippen molar-refractivity contribution in [3.8, 4) is 0 Å². The molecule has 2 heterocycles. The topological polar surface area (TPSA) is 128 Å². The fourth-order valence-electron chi connectivity index (χ4n) is 6.57. The molecule has 0 bridgehead atoms. The summed E-state index contributed by atoms with van der Waals surface area (Å²) < 4.78 is 4.81. The number of rotatable bonds is 10. The maximum Gasteiger partial charge on any atom is 0.339 e. The maximum atomic E-state index is 13.6. The molecule has 3 aliphatic rings. The van der Waals surface area contributed by atoms with Crippen LogP contribution in [0, 0.1) is 5.92 Å². The number of nitrogens with one attached hydrogen (secondary N) is 2. The van der Waals surface area contributed by atoms with Crippen molar-refractivity contribution in [1.82, 2.24) is 20.0 Å². The lowest BCUT2D eigenvalue weighted by Gasteiger charge is -2.46. The highest BCUT2D eigenvalue weighted by Gasteiger charge is 2.47. The Balaban J connectivity index is 1.16. The third-order valence-electron chi connectivity index (χ3n) is 8.87. The summed E-state index contributed by atoms with van der Waals surface area (Å²) in [5.41, 5.74) is 1.75. The molecule has 234 valence electrons. The van der Waals surface area contributed by atoms with Crippen molar-refractivity contribution in [2.24, 2.45) is 5.92 Å². The van der Waals surface area contributed by atoms with Gasteiger partial charge >= 0.3 is 12.0 Å². The van der Waals surface area contributed by atoms with Gasteiger partial charge in [0, 0.05) is 44.7 Å². The predicted octanol–water partition coefficient (Wildman–Crippen LogP) is 3.41. The summed E-state index contributed by atoms with van der Waals surface area (Å²) in [6.45, 7) is 2.34. The van der Waals surface area contributed by atoms with E-state index in [1.807, 2.05) is 18.2 Å². The quantitative estimate of drug-likeness (QED) is 0.399. The number of likely N-dealkylation sites (tertiary alicyclic amines) is 1. The van der Waals surface area contributed by atoms with Gasteiger partial charge in [0.1, 0.15) is 6.54 Å². The van der Waals surface area contributed by atoms with Gasteiger partial charge in [-0.25, -0.2) is 9.59 Å². The summed E-state index contributed by atoms with van der Waals surface area (Å²) >= 11 is 0. The van der Waals surface area contributed by atoms with Gasteiger partial charge in [0.05, 0.1) is 24.3 Å². The Bertz CT molecular complexity index is 1360. The molecule has 1 saturated carbocycles. The van der Waals surface area contributed by atoms with E-state index in [4.69, 9.17) is 4.74 Å². The molecule has 2 N–H and O–H groups in total. The minimum Gasteiger partial charge on any atom is -0.465 e. The van der Waals surface area contributed by atoms with Gasteiger partial charge in [0.2, 0.25) is 17.7 Å². The number of carbonyl (C=O) groups is 5. The number of para-hydroxylation sites is 1. The van der Waals surface area contributed by atoms with E-state index in [0.29, 0.717) is 12.8 Å². The molecule has 2 unspecified atom stereocenters. The summed E-state index contributed by atoms with van der Waals surface area (Å²) in [7, 11) is 1.26. The smallest absolute Gasteiger partial charge is 0.339 e. The lowest BCUT2D eigenvalue weighted by atomic mass is 9.81. The average Bonchev–Trinajstić information content (AvgIpc) is 3.04. The molecule has 0 aromatic heterocycles. The Morgan fingerprint density at radius 1 is 0.886 bits per heavy atom. The first kappa shape index (κ1) is 31.2. The number of esters is 1. The first-order valence-electron chi connectivity index (χ1n) is 15.5. The number of anilines is 1. The Morgan fingerprint density at radius 3 is 2.34 bits per heavy atom. The van der Waals surface area contributed by atoms with E-state index in [1.165, 1.54) is 17.6 Å². The van der Waals surface area contributed by atoms with Crippen molar-refractivity contribution < 1.29 is 28.7 Å². The van der Waals surface area contributed by atoms with Crippen LogP contribution in [0.4, 0.5) is 10.5 Å². The number of hydrogen-bond acceptors (Lipinski definition) is 7. The van der Waals surface area contributed by atoms with E-state index in [0.717, 1.165) is 50.2 Å². The number of ether oxygens (including phenoxy) is 1. The first-order chi connectivity index (χ1) is 21.3. The molecule has 11 heteroatoms. The number of amides is 5. The van der Waals surface area contributed by atoms with Crippen molar-refractivity contribution in [3.05, 3.63) is 65.7 Å². The molecule has 0 spiro atoms. The number of piperidine rings is 1. The Kier molecular flexibility index (Phi) is 10.3. The van der Waals surface area contributed by atoms with Gasteiger partial charge in [-0.1, -0.05) is 55.3 Å². The predicted molar refractivity (Wildman–Crippen MR) is 163 cm³/mol.